The lowest BCUT2D eigenvalue weighted by Crippen LogP contribution is -2.38. The standard InChI is InChI=1S/C23H32N6O2.HI/c1-7-24-23(25-13-12-22-26-18(4)27-31-22)28(5)15-19-14-16(2)29(17(19)3)20-8-10-21(30-6)11-9-20;/h8-11,14H,7,12-13,15H2,1-6H3,(H,24,25);1H. The number of nitrogens with zero attached hydrogens (tertiary/aromatic N) is 5. The van der Waals surface area contributed by atoms with Gasteiger partial charge in [0.2, 0.25) is 5.89 Å². The third kappa shape index (κ3) is 6.24. The van der Waals surface area contributed by atoms with Crippen molar-refractivity contribution in [2.45, 2.75) is 40.7 Å². The van der Waals surface area contributed by atoms with Gasteiger partial charge in [0.05, 0.1) is 13.7 Å². The molecule has 0 aliphatic rings. The monoisotopic (exact) mass is 552 g/mol. The average Bonchev–Trinajstić information content (AvgIpc) is 3.29. The summed E-state index contributed by atoms with van der Waals surface area (Å²) in [7, 11) is 3.74. The molecule has 1 N–H and O–H groups in total. The van der Waals surface area contributed by atoms with Gasteiger partial charge in [0.15, 0.2) is 11.8 Å². The highest BCUT2D eigenvalue weighted by molar-refractivity contribution is 14.0. The van der Waals surface area contributed by atoms with Crippen LogP contribution in [0.15, 0.2) is 39.8 Å². The molecule has 2 heterocycles. The van der Waals surface area contributed by atoms with E-state index in [2.05, 4.69) is 70.9 Å². The number of methoxy groups -OCH3 is 1. The number of aryl methyl sites for hydroxylation is 2. The molecule has 0 unspecified atom stereocenters. The molecular formula is C23H33IN6O2. The summed E-state index contributed by atoms with van der Waals surface area (Å²) in [5.41, 5.74) is 4.79. The maximum atomic E-state index is 5.28. The van der Waals surface area contributed by atoms with Gasteiger partial charge in [-0.2, -0.15) is 4.98 Å². The molecule has 32 heavy (non-hydrogen) atoms. The van der Waals surface area contributed by atoms with E-state index in [4.69, 9.17) is 14.3 Å². The van der Waals surface area contributed by atoms with E-state index >= 15 is 0 Å². The molecule has 0 bridgehead atoms. The van der Waals surface area contributed by atoms with Crippen molar-refractivity contribution in [1.82, 2.24) is 24.9 Å². The Morgan fingerprint density at radius 1 is 1.22 bits per heavy atom. The molecule has 0 spiro atoms. The number of halogens is 1. The first kappa shape index (κ1) is 25.7. The number of ether oxygens (including phenoxy) is 1. The zero-order valence-corrected chi connectivity index (χ0v) is 22.0. The number of hydrogen-bond donors (Lipinski definition) is 1. The van der Waals surface area contributed by atoms with Crippen LogP contribution in [0.25, 0.3) is 5.69 Å². The second-order valence-electron chi connectivity index (χ2n) is 7.51. The molecule has 0 fully saturated rings. The predicted molar refractivity (Wildman–Crippen MR) is 137 cm³/mol. The minimum Gasteiger partial charge on any atom is -0.497 e. The molecule has 0 saturated carbocycles. The Morgan fingerprint density at radius 3 is 2.53 bits per heavy atom. The van der Waals surface area contributed by atoms with E-state index in [1.807, 2.05) is 19.1 Å². The molecule has 8 nitrogen and oxygen atoms in total. The number of benzene rings is 1. The number of hydrogen-bond acceptors (Lipinski definition) is 5. The molecule has 0 radical (unpaired) electrons. The van der Waals surface area contributed by atoms with Crippen LogP contribution >= 0.6 is 24.0 Å². The summed E-state index contributed by atoms with van der Waals surface area (Å²) in [5, 5.41) is 7.19. The van der Waals surface area contributed by atoms with Crippen molar-refractivity contribution < 1.29 is 9.26 Å². The zero-order valence-electron chi connectivity index (χ0n) is 19.7. The van der Waals surface area contributed by atoms with Crippen LogP contribution in [0, 0.1) is 20.8 Å². The van der Waals surface area contributed by atoms with E-state index in [0.29, 0.717) is 24.7 Å². The third-order valence-electron chi connectivity index (χ3n) is 5.13. The smallest absolute Gasteiger partial charge is 0.228 e. The largest absolute Gasteiger partial charge is 0.497 e. The number of nitrogens with one attached hydrogen (secondary N) is 1. The van der Waals surface area contributed by atoms with Crippen LogP contribution in [0.5, 0.6) is 5.75 Å². The van der Waals surface area contributed by atoms with Crippen molar-refractivity contribution in [2.24, 2.45) is 4.99 Å². The molecule has 3 aromatic rings. The molecule has 1 aromatic carbocycles. The maximum Gasteiger partial charge on any atom is 0.228 e. The van der Waals surface area contributed by atoms with E-state index in [0.717, 1.165) is 30.5 Å². The summed E-state index contributed by atoms with van der Waals surface area (Å²) >= 11 is 0. The van der Waals surface area contributed by atoms with Crippen molar-refractivity contribution in [1.29, 1.82) is 0 Å². The summed E-state index contributed by atoms with van der Waals surface area (Å²) in [5.74, 6) is 2.97. The van der Waals surface area contributed by atoms with Gasteiger partial charge in [-0.25, -0.2) is 0 Å². The maximum absolute atomic E-state index is 5.28. The van der Waals surface area contributed by atoms with Crippen LogP contribution in [-0.2, 0) is 13.0 Å². The fraction of sp³-hybridized carbons (Fsp3) is 0.435. The SMILES string of the molecule is CCNC(=NCCc1nc(C)no1)N(C)Cc1cc(C)n(-c2ccc(OC)cc2)c1C.I. The summed E-state index contributed by atoms with van der Waals surface area (Å²) in [6.45, 7) is 10.3. The van der Waals surface area contributed by atoms with Crippen LogP contribution in [0.3, 0.4) is 0 Å². The van der Waals surface area contributed by atoms with Gasteiger partial charge in [-0.15, -0.1) is 24.0 Å². The first-order valence-electron chi connectivity index (χ1n) is 10.5. The summed E-state index contributed by atoms with van der Waals surface area (Å²) in [6.07, 6.45) is 0.621. The summed E-state index contributed by atoms with van der Waals surface area (Å²) < 4.78 is 12.7. The topological polar surface area (TPSA) is 80.7 Å². The fourth-order valence-corrected chi connectivity index (χ4v) is 3.62. The normalized spacial score (nSPS) is 11.2. The Labute approximate surface area is 207 Å². The predicted octanol–water partition coefficient (Wildman–Crippen LogP) is 4.05. The van der Waals surface area contributed by atoms with Crippen molar-refractivity contribution in [2.75, 3.05) is 27.2 Å². The second kappa shape index (κ2) is 11.9. The Hall–Kier alpha value is -2.56. The molecule has 0 aliphatic carbocycles. The van der Waals surface area contributed by atoms with Crippen molar-refractivity contribution in [3.63, 3.8) is 0 Å². The van der Waals surface area contributed by atoms with Gasteiger partial charge in [0.25, 0.3) is 0 Å². The van der Waals surface area contributed by atoms with E-state index in [1.54, 1.807) is 7.11 Å². The second-order valence-corrected chi connectivity index (χ2v) is 7.51. The van der Waals surface area contributed by atoms with Gasteiger partial charge in [0.1, 0.15) is 5.75 Å². The lowest BCUT2D eigenvalue weighted by Gasteiger charge is -2.22. The number of aromatic nitrogens is 3. The van der Waals surface area contributed by atoms with Crippen LogP contribution in [0.4, 0.5) is 0 Å². The van der Waals surface area contributed by atoms with Gasteiger partial charge < -0.3 is 24.0 Å². The van der Waals surface area contributed by atoms with E-state index in [1.165, 1.54) is 17.0 Å². The Morgan fingerprint density at radius 2 is 1.94 bits per heavy atom. The van der Waals surface area contributed by atoms with Gasteiger partial charge >= 0.3 is 0 Å². The Kier molecular flexibility index (Phi) is 9.55. The van der Waals surface area contributed by atoms with Crippen LogP contribution in [0.2, 0.25) is 0 Å². The third-order valence-corrected chi connectivity index (χ3v) is 5.13. The molecule has 0 amide bonds. The van der Waals surface area contributed by atoms with Crippen molar-refractivity contribution >= 4 is 29.9 Å². The minimum absolute atomic E-state index is 0. The molecule has 3 rings (SSSR count). The van der Waals surface area contributed by atoms with Gasteiger partial charge in [0, 0.05) is 43.6 Å². The number of guanidine groups is 1. The zero-order chi connectivity index (χ0) is 22.4. The molecule has 2 aromatic heterocycles. The summed E-state index contributed by atoms with van der Waals surface area (Å²) in [6, 6.07) is 10.4. The lowest BCUT2D eigenvalue weighted by atomic mass is 10.2. The highest BCUT2D eigenvalue weighted by Gasteiger charge is 2.14. The van der Waals surface area contributed by atoms with Gasteiger partial charge in [-0.3, -0.25) is 4.99 Å². The molecule has 0 aliphatic heterocycles. The van der Waals surface area contributed by atoms with Crippen LogP contribution in [-0.4, -0.2) is 52.8 Å². The molecule has 0 saturated heterocycles. The first-order valence-corrected chi connectivity index (χ1v) is 10.5. The quantitative estimate of drug-likeness (QED) is 0.258. The molecular weight excluding hydrogens is 519 g/mol. The Bertz CT molecular complexity index is 1030. The molecule has 9 heteroatoms. The minimum atomic E-state index is 0. The average molecular weight is 552 g/mol. The van der Waals surface area contributed by atoms with Gasteiger partial charge in [-0.1, -0.05) is 5.16 Å². The molecule has 0 atom stereocenters. The highest BCUT2D eigenvalue weighted by Crippen LogP contribution is 2.23. The first-order chi connectivity index (χ1) is 14.9. The highest BCUT2D eigenvalue weighted by atomic mass is 127. The van der Waals surface area contributed by atoms with Crippen molar-refractivity contribution in [3.05, 3.63) is 59.0 Å². The summed E-state index contributed by atoms with van der Waals surface area (Å²) in [4.78, 5) is 11.1. The van der Waals surface area contributed by atoms with Gasteiger partial charge in [-0.05, 0) is 63.6 Å². The lowest BCUT2D eigenvalue weighted by molar-refractivity contribution is 0.375. The van der Waals surface area contributed by atoms with Crippen LogP contribution in [0.1, 0.15) is 35.6 Å². The molecule has 174 valence electrons. The Balaban J connectivity index is 0.00000363. The van der Waals surface area contributed by atoms with E-state index in [-0.39, 0.29) is 24.0 Å². The fourth-order valence-electron chi connectivity index (χ4n) is 3.62. The number of rotatable bonds is 8. The van der Waals surface area contributed by atoms with E-state index < -0.39 is 0 Å². The number of aliphatic imine (C=N–C) groups is 1. The van der Waals surface area contributed by atoms with Crippen molar-refractivity contribution in [3.8, 4) is 11.4 Å². The van der Waals surface area contributed by atoms with Crippen LogP contribution < -0.4 is 10.1 Å². The van der Waals surface area contributed by atoms with E-state index in [9.17, 15) is 0 Å².